The van der Waals surface area contributed by atoms with Crippen molar-refractivity contribution >= 4 is 6.08 Å². The van der Waals surface area contributed by atoms with Gasteiger partial charge in [-0.15, -0.1) is 0 Å². The van der Waals surface area contributed by atoms with Crippen molar-refractivity contribution in [3.63, 3.8) is 0 Å². The van der Waals surface area contributed by atoms with Crippen LogP contribution in [0.2, 0.25) is 0 Å². The number of hydrogen-bond donors (Lipinski definition) is 1. The van der Waals surface area contributed by atoms with Gasteiger partial charge in [-0.05, 0) is 11.1 Å². The van der Waals surface area contributed by atoms with Gasteiger partial charge in [0.1, 0.15) is 0 Å². The highest BCUT2D eigenvalue weighted by molar-refractivity contribution is 5.50. The molecule has 0 aliphatic carbocycles. The summed E-state index contributed by atoms with van der Waals surface area (Å²) in [5.41, 5.74) is 2.25. The summed E-state index contributed by atoms with van der Waals surface area (Å²) in [5, 5.41) is 9.78. The van der Waals surface area contributed by atoms with Crippen LogP contribution < -0.4 is 0 Å². The molecule has 1 atom stereocenters. The molecule has 21 heavy (non-hydrogen) atoms. The Labute approximate surface area is 126 Å². The van der Waals surface area contributed by atoms with E-state index >= 15 is 0 Å². The molecule has 0 radical (unpaired) electrons. The number of allylic oxidation sites excluding steroid dienone is 2. The van der Waals surface area contributed by atoms with E-state index in [2.05, 4.69) is 0 Å². The van der Waals surface area contributed by atoms with Gasteiger partial charge in [-0.3, -0.25) is 0 Å². The predicted molar refractivity (Wildman–Crippen MR) is 86.7 cm³/mol. The van der Waals surface area contributed by atoms with Gasteiger partial charge in [0.25, 0.3) is 0 Å². The Kier molecular flexibility index (Phi) is 6.46. The van der Waals surface area contributed by atoms with Crippen LogP contribution in [0.3, 0.4) is 0 Å². The first kappa shape index (κ1) is 15.2. The molecule has 0 aliphatic heterocycles. The Morgan fingerprint density at radius 2 is 1.57 bits per heavy atom. The zero-order chi connectivity index (χ0) is 14.8. The number of hydrogen-bond acceptors (Lipinski definition) is 2. The van der Waals surface area contributed by atoms with Crippen molar-refractivity contribution in [3.8, 4) is 0 Å². The monoisotopic (exact) mass is 280 g/mol. The van der Waals surface area contributed by atoms with Crippen molar-refractivity contribution < 1.29 is 9.84 Å². The molecule has 108 valence electrons. The normalized spacial score (nSPS) is 13.0. The van der Waals surface area contributed by atoms with Crippen molar-refractivity contribution in [3.05, 3.63) is 90.0 Å². The molecule has 0 aromatic heterocycles. The lowest BCUT2D eigenvalue weighted by molar-refractivity contribution is 0.0504. The largest absolute Gasteiger partial charge is 0.387 e. The summed E-state index contributed by atoms with van der Waals surface area (Å²) in [6.07, 6.45) is 6.88. The first-order valence-corrected chi connectivity index (χ1v) is 7.04. The molecular formula is C19H20O2. The third-order valence-electron chi connectivity index (χ3n) is 2.93. The average Bonchev–Trinajstić information content (AvgIpc) is 2.54. The summed E-state index contributed by atoms with van der Waals surface area (Å²) in [6.45, 7) is 0.816. The van der Waals surface area contributed by atoms with Crippen molar-refractivity contribution in [2.75, 3.05) is 6.61 Å². The fourth-order valence-electron chi connectivity index (χ4n) is 1.85. The summed E-state index contributed by atoms with van der Waals surface area (Å²) < 4.78 is 5.47. The Hall–Kier alpha value is -2.16. The molecule has 0 fully saturated rings. The van der Waals surface area contributed by atoms with Gasteiger partial charge in [-0.2, -0.15) is 0 Å². The van der Waals surface area contributed by atoms with E-state index in [1.807, 2.05) is 78.9 Å². The molecule has 0 amide bonds. The van der Waals surface area contributed by atoms with E-state index in [0.717, 1.165) is 11.1 Å². The highest BCUT2D eigenvalue weighted by Crippen LogP contribution is 2.03. The molecule has 2 rings (SSSR count). The van der Waals surface area contributed by atoms with Crippen LogP contribution in [0.25, 0.3) is 6.08 Å². The van der Waals surface area contributed by atoms with Crippen LogP contribution in [-0.4, -0.2) is 17.8 Å². The van der Waals surface area contributed by atoms with Gasteiger partial charge < -0.3 is 9.84 Å². The maximum atomic E-state index is 9.78. The van der Waals surface area contributed by atoms with Gasteiger partial charge in [0.05, 0.1) is 19.3 Å². The SMILES string of the molecule is O[C@@H](/C=C/C=C/c1ccccc1)COCc1ccccc1. The van der Waals surface area contributed by atoms with Gasteiger partial charge >= 0.3 is 0 Å². The fourth-order valence-corrected chi connectivity index (χ4v) is 1.85. The van der Waals surface area contributed by atoms with E-state index < -0.39 is 6.10 Å². The summed E-state index contributed by atoms with van der Waals surface area (Å²) in [4.78, 5) is 0. The predicted octanol–water partition coefficient (Wildman–Crippen LogP) is 3.83. The molecule has 0 saturated carbocycles. The van der Waals surface area contributed by atoms with Crippen molar-refractivity contribution in [1.82, 2.24) is 0 Å². The topological polar surface area (TPSA) is 29.5 Å². The van der Waals surface area contributed by atoms with Crippen LogP contribution in [0.1, 0.15) is 11.1 Å². The molecule has 0 heterocycles. The van der Waals surface area contributed by atoms with Crippen molar-refractivity contribution in [2.45, 2.75) is 12.7 Å². The summed E-state index contributed by atoms with van der Waals surface area (Å²) >= 11 is 0. The van der Waals surface area contributed by atoms with E-state index in [9.17, 15) is 5.11 Å². The number of aliphatic hydroxyl groups is 1. The second-order valence-corrected chi connectivity index (χ2v) is 4.72. The molecule has 0 spiro atoms. The van der Waals surface area contributed by atoms with Crippen LogP contribution in [0.15, 0.2) is 78.9 Å². The molecule has 2 aromatic carbocycles. The van der Waals surface area contributed by atoms with Gasteiger partial charge in [0.15, 0.2) is 0 Å². The minimum Gasteiger partial charge on any atom is -0.387 e. The maximum Gasteiger partial charge on any atom is 0.0957 e. The lowest BCUT2D eigenvalue weighted by Gasteiger charge is -2.06. The highest BCUT2D eigenvalue weighted by Gasteiger charge is 1.98. The molecule has 2 nitrogen and oxygen atoms in total. The number of benzene rings is 2. The Bertz CT molecular complexity index is 559. The van der Waals surface area contributed by atoms with E-state index in [-0.39, 0.29) is 0 Å². The zero-order valence-corrected chi connectivity index (χ0v) is 11.9. The third-order valence-corrected chi connectivity index (χ3v) is 2.93. The molecule has 0 bridgehead atoms. The Balaban J connectivity index is 1.68. The quantitative estimate of drug-likeness (QED) is 0.781. The first-order chi connectivity index (χ1) is 10.3. The minimum absolute atomic E-state index is 0.296. The van der Waals surface area contributed by atoms with Crippen LogP contribution in [-0.2, 0) is 11.3 Å². The highest BCUT2D eigenvalue weighted by atomic mass is 16.5. The summed E-state index contributed by atoms with van der Waals surface area (Å²) in [6, 6.07) is 20.0. The van der Waals surface area contributed by atoms with Crippen LogP contribution in [0.4, 0.5) is 0 Å². The lowest BCUT2D eigenvalue weighted by Crippen LogP contribution is -2.11. The number of aliphatic hydroxyl groups excluding tert-OH is 1. The van der Waals surface area contributed by atoms with E-state index in [4.69, 9.17) is 4.74 Å². The minimum atomic E-state index is -0.589. The number of rotatable bonds is 7. The van der Waals surface area contributed by atoms with E-state index in [1.54, 1.807) is 6.08 Å². The van der Waals surface area contributed by atoms with Gasteiger partial charge in [0, 0.05) is 0 Å². The molecule has 2 heteroatoms. The molecule has 1 N–H and O–H groups in total. The second-order valence-electron chi connectivity index (χ2n) is 4.72. The van der Waals surface area contributed by atoms with Gasteiger partial charge in [-0.25, -0.2) is 0 Å². The van der Waals surface area contributed by atoms with Gasteiger partial charge in [-0.1, -0.05) is 85.0 Å². The summed E-state index contributed by atoms with van der Waals surface area (Å²) in [7, 11) is 0. The van der Waals surface area contributed by atoms with Crippen LogP contribution >= 0.6 is 0 Å². The lowest BCUT2D eigenvalue weighted by atomic mass is 10.2. The van der Waals surface area contributed by atoms with E-state index in [1.165, 1.54) is 0 Å². The zero-order valence-electron chi connectivity index (χ0n) is 11.9. The smallest absolute Gasteiger partial charge is 0.0957 e. The van der Waals surface area contributed by atoms with Crippen LogP contribution in [0, 0.1) is 0 Å². The maximum absolute atomic E-state index is 9.78. The first-order valence-electron chi connectivity index (χ1n) is 7.04. The molecule has 0 saturated heterocycles. The number of ether oxygens (including phenoxy) is 1. The van der Waals surface area contributed by atoms with Crippen molar-refractivity contribution in [2.24, 2.45) is 0 Å². The average molecular weight is 280 g/mol. The molecule has 2 aromatic rings. The molecular weight excluding hydrogens is 260 g/mol. The summed E-state index contributed by atoms with van der Waals surface area (Å²) in [5.74, 6) is 0. The molecule has 0 aliphatic rings. The Morgan fingerprint density at radius 3 is 2.29 bits per heavy atom. The van der Waals surface area contributed by atoms with E-state index in [0.29, 0.717) is 13.2 Å². The molecule has 0 unspecified atom stereocenters. The van der Waals surface area contributed by atoms with Crippen molar-refractivity contribution in [1.29, 1.82) is 0 Å². The third kappa shape index (κ3) is 6.21. The fraction of sp³-hybridized carbons (Fsp3) is 0.158. The van der Waals surface area contributed by atoms with Gasteiger partial charge in [0.2, 0.25) is 0 Å². The standard InChI is InChI=1S/C19H20O2/c20-19(16-21-15-18-12-5-2-6-13-18)14-8-7-11-17-9-3-1-4-10-17/h1-14,19-20H,15-16H2/b11-7+,14-8+/t19-/m0/s1. The van der Waals surface area contributed by atoms with Crippen LogP contribution in [0.5, 0.6) is 0 Å². The second kappa shape index (κ2) is 8.90. The Morgan fingerprint density at radius 1 is 0.905 bits per heavy atom.